The normalized spacial score (nSPS) is 10.5. The van der Waals surface area contributed by atoms with Gasteiger partial charge in [-0.05, 0) is 36.2 Å². The van der Waals surface area contributed by atoms with Gasteiger partial charge in [0.2, 0.25) is 0 Å². The number of carbonyl (C=O) groups excluding carboxylic acids is 1. The van der Waals surface area contributed by atoms with Gasteiger partial charge in [0.05, 0.1) is 0 Å². The topological polar surface area (TPSA) is 46.1 Å². The molecule has 3 aromatic rings. The summed E-state index contributed by atoms with van der Waals surface area (Å²) in [6.07, 6.45) is 6.13. The Labute approximate surface area is 139 Å². The average molecular weight is 323 g/mol. The lowest BCUT2D eigenvalue weighted by Crippen LogP contribution is -2.28. The zero-order valence-electron chi connectivity index (χ0n) is 12.8. The van der Waals surface area contributed by atoms with Crippen LogP contribution in [0.3, 0.4) is 0 Å². The van der Waals surface area contributed by atoms with Crippen LogP contribution in [0.25, 0.3) is 10.6 Å². The Morgan fingerprint density at radius 2 is 2.00 bits per heavy atom. The van der Waals surface area contributed by atoms with Gasteiger partial charge in [0.25, 0.3) is 5.91 Å². The number of hydrogen-bond acceptors (Lipinski definition) is 4. The monoisotopic (exact) mass is 323 g/mol. The van der Waals surface area contributed by atoms with Gasteiger partial charge < -0.3 is 4.90 Å². The lowest BCUT2D eigenvalue weighted by Gasteiger charge is -2.17. The first-order chi connectivity index (χ1) is 11.2. The fraction of sp³-hybridized carbons (Fsp3) is 0.167. The number of nitrogens with zero attached hydrogens (tertiary/aromatic N) is 3. The number of likely N-dealkylation sites (N-methyl/N-ethyl adjacent to an activating group) is 1. The Kier molecular flexibility index (Phi) is 4.78. The third kappa shape index (κ3) is 3.81. The van der Waals surface area contributed by atoms with E-state index in [0.717, 1.165) is 17.0 Å². The molecule has 0 fully saturated rings. The Morgan fingerprint density at radius 1 is 1.17 bits per heavy atom. The van der Waals surface area contributed by atoms with E-state index in [1.165, 1.54) is 5.56 Å². The minimum atomic E-state index is 0.0254. The third-order valence-electron chi connectivity index (χ3n) is 3.62. The summed E-state index contributed by atoms with van der Waals surface area (Å²) < 4.78 is 0. The molecule has 23 heavy (non-hydrogen) atoms. The summed E-state index contributed by atoms with van der Waals surface area (Å²) >= 11 is 1.57. The van der Waals surface area contributed by atoms with Crippen molar-refractivity contribution >= 4 is 17.2 Å². The highest BCUT2D eigenvalue weighted by Gasteiger charge is 2.13. The Balaban J connectivity index is 1.69. The van der Waals surface area contributed by atoms with E-state index >= 15 is 0 Å². The van der Waals surface area contributed by atoms with E-state index < -0.39 is 0 Å². The molecule has 0 atom stereocenters. The van der Waals surface area contributed by atoms with Crippen LogP contribution in [-0.2, 0) is 6.42 Å². The number of carbonyl (C=O) groups is 1. The summed E-state index contributed by atoms with van der Waals surface area (Å²) in [7, 11) is 1.83. The molecule has 0 unspecified atom stereocenters. The molecular weight excluding hydrogens is 306 g/mol. The summed E-state index contributed by atoms with van der Waals surface area (Å²) in [5.74, 6) is 0.0254. The fourth-order valence-electron chi connectivity index (χ4n) is 2.32. The van der Waals surface area contributed by atoms with Crippen molar-refractivity contribution in [3.05, 3.63) is 71.5 Å². The van der Waals surface area contributed by atoms with Crippen molar-refractivity contribution in [1.29, 1.82) is 0 Å². The van der Waals surface area contributed by atoms with Gasteiger partial charge in [-0.2, -0.15) is 0 Å². The van der Waals surface area contributed by atoms with E-state index in [4.69, 9.17) is 0 Å². The van der Waals surface area contributed by atoms with Gasteiger partial charge >= 0.3 is 0 Å². The second kappa shape index (κ2) is 7.15. The molecule has 0 aliphatic rings. The molecule has 0 saturated carbocycles. The Hall–Kier alpha value is -2.53. The van der Waals surface area contributed by atoms with Crippen LogP contribution >= 0.6 is 11.3 Å². The molecule has 1 aromatic carbocycles. The van der Waals surface area contributed by atoms with Gasteiger partial charge in [0.1, 0.15) is 5.01 Å². The fourth-order valence-corrected chi connectivity index (χ4v) is 2.95. The van der Waals surface area contributed by atoms with Crippen molar-refractivity contribution in [1.82, 2.24) is 14.9 Å². The molecule has 0 bridgehead atoms. The molecule has 0 radical (unpaired) electrons. The van der Waals surface area contributed by atoms with Crippen molar-refractivity contribution < 1.29 is 4.79 Å². The molecule has 0 N–H and O–H groups in total. The van der Waals surface area contributed by atoms with Gasteiger partial charge in [-0.1, -0.05) is 12.1 Å². The second-order valence-corrected chi connectivity index (χ2v) is 6.14. The SMILES string of the molecule is CN(CCc1ccncc1)C(=O)c1cccc(-c2nccs2)c1. The predicted octanol–water partition coefficient (Wildman–Crippen LogP) is 3.52. The maximum absolute atomic E-state index is 12.6. The lowest BCUT2D eigenvalue weighted by atomic mass is 10.1. The lowest BCUT2D eigenvalue weighted by molar-refractivity contribution is 0.0796. The quantitative estimate of drug-likeness (QED) is 0.722. The van der Waals surface area contributed by atoms with Crippen LogP contribution in [0.1, 0.15) is 15.9 Å². The number of pyridine rings is 1. The first-order valence-electron chi connectivity index (χ1n) is 7.38. The summed E-state index contributed by atoms with van der Waals surface area (Å²) in [5.41, 5.74) is 2.85. The van der Waals surface area contributed by atoms with Gasteiger partial charge in [0, 0.05) is 48.7 Å². The van der Waals surface area contributed by atoms with Crippen LogP contribution in [0.5, 0.6) is 0 Å². The number of amides is 1. The van der Waals surface area contributed by atoms with E-state index in [-0.39, 0.29) is 5.91 Å². The molecule has 4 nitrogen and oxygen atoms in total. The van der Waals surface area contributed by atoms with E-state index in [9.17, 15) is 4.79 Å². The minimum absolute atomic E-state index is 0.0254. The first kappa shape index (κ1) is 15.4. The molecule has 0 saturated heterocycles. The molecule has 5 heteroatoms. The molecule has 0 aliphatic carbocycles. The van der Waals surface area contributed by atoms with Crippen LogP contribution < -0.4 is 0 Å². The summed E-state index contributed by atoms with van der Waals surface area (Å²) in [6, 6.07) is 11.6. The van der Waals surface area contributed by atoms with Gasteiger partial charge in [-0.25, -0.2) is 4.98 Å². The van der Waals surface area contributed by atoms with Crippen LogP contribution in [-0.4, -0.2) is 34.4 Å². The van der Waals surface area contributed by atoms with Crippen molar-refractivity contribution in [2.75, 3.05) is 13.6 Å². The zero-order chi connectivity index (χ0) is 16.1. The van der Waals surface area contributed by atoms with Crippen LogP contribution in [0.2, 0.25) is 0 Å². The second-order valence-electron chi connectivity index (χ2n) is 5.25. The summed E-state index contributed by atoms with van der Waals surface area (Å²) in [5, 5.41) is 2.86. The van der Waals surface area contributed by atoms with Crippen molar-refractivity contribution in [2.45, 2.75) is 6.42 Å². The zero-order valence-corrected chi connectivity index (χ0v) is 13.7. The van der Waals surface area contributed by atoms with E-state index in [1.54, 1.807) is 34.8 Å². The summed E-state index contributed by atoms with van der Waals surface area (Å²) in [4.78, 5) is 22.6. The average Bonchev–Trinajstić information content (AvgIpc) is 3.15. The maximum Gasteiger partial charge on any atom is 0.253 e. The standard InChI is InChI=1S/C18H17N3OS/c1-21(11-7-14-5-8-19-9-6-14)18(22)16-4-2-3-15(13-16)17-20-10-12-23-17/h2-6,8-10,12-13H,7,11H2,1H3. The Bertz CT molecular complexity index is 772. The van der Waals surface area contributed by atoms with E-state index in [0.29, 0.717) is 12.1 Å². The van der Waals surface area contributed by atoms with E-state index in [2.05, 4.69) is 9.97 Å². The van der Waals surface area contributed by atoms with Crippen LogP contribution in [0.15, 0.2) is 60.4 Å². The number of rotatable bonds is 5. The van der Waals surface area contributed by atoms with Crippen molar-refractivity contribution in [3.63, 3.8) is 0 Å². The van der Waals surface area contributed by atoms with Crippen LogP contribution in [0, 0.1) is 0 Å². The highest BCUT2D eigenvalue weighted by atomic mass is 32.1. The molecule has 1 amide bonds. The minimum Gasteiger partial charge on any atom is -0.341 e. The maximum atomic E-state index is 12.6. The number of thiazole rings is 1. The molecule has 3 rings (SSSR count). The molecular formula is C18H17N3OS. The van der Waals surface area contributed by atoms with Crippen LogP contribution in [0.4, 0.5) is 0 Å². The number of aromatic nitrogens is 2. The molecule has 116 valence electrons. The predicted molar refractivity (Wildman–Crippen MR) is 92.5 cm³/mol. The van der Waals surface area contributed by atoms with Crippen molar-refractivity contribution in [2.24, 2.45) is 0 Å². The van der Waals surface area contributed by atoms with Crippen molar-refractivity contribution in [3.8, 4) is 10.6 Å². The first-order valence-corrected chi connectivity index (χ1v) is 8.26. The highest BCUT2D eigenvalue weighted by molar-refractivity contribution is 7.13. The number of hydrogen-bond donors (Lipinski definition) is 0. The van der Waals surface area contributed by atoms with E-state index in [1.807, 2.05) is 48.8 Å². The smallest absolute Gasteiger partial charge is 0.253 e. The van der Waals surface area contributed by atoms with Gasteiger partial charge in [-0.15, -0.1) is 11.3 Å². The van der Waals surface area contributed by atoms with Gasteiger partial charge in [-0.3, -0.25) is 9.78 Å². The molecule has 0 spiro atoms. The largest absolute Gasteiger partial charge is 0.341 e. The third-order valence-corrected chi connectivity index (χ3v) is 4.44. The number of benzene rings is 1. The Morgan fingerprint density at radius 3 is 2.74 bits per heavy atom. The molecule has 0 aliphatic heterocycles. The highest BCUT2D eigenvalue weighted by Crippen LogP contribution is 2.22. The van der Waals surface area contributed by atoms with Gasteiger partial charge in [0.15, 0.2) is 0 Å². The summed E-state index contributed by atoms with van der Waals surface area (Å²) in [6.45, 7) is 0.671. The molecule has 2 heterocycles. The molecule has 2 aromatic heterocycles.